The normalized spacial score (nSPS) is 15.9. The zero-order valence-corrected chi connectivity index (χ0v) is 17.4. The first kappa shape index (κ1) is 21.3. The Labute approximate surface area is 190 Å². The number of aliphatic hydroxyl groups is 1. The average molecular weight is 459 g/mol. The van der Waals surface area contributed by atoms with Crippen LogP contribution in [0.25, 0.3) is 11.1 Å². The number of ether oxygens (including phenoxy) is 2. The van der Waals surface area contributed by atoms with E-state index >= 15 is 0 Å². The molecule has 1 saturated carbocycles. The van der Waals surface area contributed by atoms with Crippen molar-refractivity contribution in [1.82, 2.24) is 0 Å². The molecule has 5 rings (SSSR count). The number of nitrogens with one attached hydrogen (secondary N) is 1. The monoisotopic (exact) mass is 459 g/mol. The van der Waals surface area contributed by atoms with Crippen molar-refractivity contribution in [3.63, 3.8) is 0 Å². The van der Waals surface area contributed by atoms with Gasteiger partial charge >= 0.3 is 6.18 Å². The van der Waals surface area contributed by atoms with Crippen molar-refractivity contribution in [2.45, 2.75) is 31.0 Å². The molecular weight excluding hydrogens is 435 g/mol. The molecule has 2 aliphatic rings. The molecule has 1 amide bonds. The Balaban J connectivity index is 0.00000171. The van der Waals surface area contributed by atoms with Gasteiger partial charge in [-0.1, -0.05) is 30.3 Å². The topological polar surface area (TPSA) is 67.8 Å². The summed E-state index contributed by atoms with van der Waals surface area (Å²) >= 11 is 0. The standard InChI is InChI=1S/C25H20F3NO4.2H2/c26-25(27,28)19-9-17(16-3-1-15(13-30)2-4-16)10-20(11-19)29-23(31)24(7-8-24)18-5-6-21-22(12-18)33-14-32-21;;/h1-6,9-12,30H,7-8,13-14H2,(H,29,31);2*1H. The molecule has 0 aromatic heterocycles. The van der Waals surface area contributed by atoms with Gasteiger partial charge in [0.2, 0.25) is 12.7 Å². The molecule has 0 atom stereocenters. The summed E-state index contributed by atoms with van der Waals surface area (Å²) in [6.45, 7) is -0.0452. The summed E-state index contributed by atoms with van der Waals surface area (Å²) < 4.78 is 51.5. The van der Waals surface area contributed by atoms with Crippen molar-refractivity contribution in [3.05, 3.63) is 77.4 Å². The average Bonchev–Trinajstić information content (AvgIpc) is 3.49. The number of carbonyl (C=O) groups excluding carboxylic acids is 1. The van der Waals surface area contributed by atoms with Gasteiger partial charge in [-0.15, -0.1) is 0 Å². The number of amides is 1. The van der Waals surface area contributed by atoms with Crippen molar-refractivity contribution < 1.29 is 35.4 Å². The maximum Gasteiger partial charge on any atom is 0.416 e. The largest absolute Gasteiger partial charge is 0.454 e. The van der Waals surface area contributed by atoms with E-state index in [2.05, 4.69) is 5.32 Å². The summed E-state index contributed by atoms with van der Waals surface area (Å²) in [5.41, 5.74) is 0.675. The molecule has 33 heavy (non-hydrogen) atoms. The number of anilines is 1. The lowest BCUT2D eigenvalue weighted by Gasteiger charge is -2.18. The van der Waals surface area contributed by atoms with E-state index in [1.807, 2.05) is 0 Å². The van der Waals surface area contributed by atoms with Crippen molar-refractivity contribution in [2.75, 3.05) is 12.1 Å². The Morgan fingerprint density at radius 2 is 1.70 bits per heavy atom. The van der Waals surface area contributed by atoms with Crippen LogP contribution in [0.5, 0.6) is 11.5 Å². The minimum absolute atomic E-state index is 0. The molecule has 1 heterocycles. The van der Waals surface area contributed by atoms with E-state index in [0.717, 1.165) is 17.7 Å². The van der Waals surface area contributed by atoms with Gasteiger partial charge in [-0.2, -0.15) is 13.2 Å². The minimum atomic E-state index is -4.57. The Bertz CT molecular complexity index is 1230. The van der Waals surface area contributed by atoms with Crippen molar-refractivity contribution in [2.24, 2.45) is 0 Å². The Kier molecular flexibility index (Phi) is 5.05. The second-order valence-corrected chi connectivity index (χ2v) is 8.26. The second-order valence-electron chi connectivity index (χ2n) is 8.26. The molecule has 0 bridgehead atoms. The van der Waals surface area contributed by atoms with E-state index in [4.69, 9.17) is 9.47 Å². The van der Waals surface area contributed by atoms with Gasteiger partial charge in [0.15, 0.2) is 11.5 Å². The van der Waals surface area contributed by atoms with Crippen LogP contribution in [0, 0.1) is 0 Å². The molecule has 0 spiro atoms. The first-order chi connectivity index (χ1) is 15.8. The van der Waals surface area contributed by atoms with Crippen molar-refractivity contribution >= 4 is 11.6 Å². The summed E-state index contributed by atoms with van der Waals surface area (Å²) in [5, 5.41) is 11.9. The van der Waals surface area contributed by atoms with Gasteiger partial charge in [0.05, 0.1) is 17.6 Å². The number of alkyl halides is 3. The fourth-order valence-corrected chi connectivity index (χ4v) is 4.05. The quantitative estimate of drug-likeness (QED) is 0.509. The molecule has 0 unspecified atom stereocenters. The maximum atomic E-state index is 13.6. The van der Waals surface area contributed by atoms with Gasteiger partial charge in [-0.3, -0.25) is 4.79 Å². The first-order valence-electron chi connectivity index (χ1n) is 10.4. The number of rotatable bonds is 5. The molecular formula is C25H24F3NO4. The van der Waals surface area contributed by atoms with E-state index in [1.54, 1.807) is 42.5 Å². The summed E-state index contributed by atoms with van der Waals surface area (Å²) in [6.07, 6.45) is -3.39. The summed E-state index contributed by atoms with van der Waals surface area (Å²) in [6, 6.07) is 15.4. The Morgan fingerprint density at radius 3 is 2.36 bits per heavy atom. The highest BCUT2D eigenvalue weighted by molar-refractivity contribution is 6.02. The molecule has 174 valence electrons. The Hall–Kier alpha value is -3.52. The number of halogens is 3. The first-order valence-corrected chi connectivity index (χ1v) is 10.4. The van der Waals surface area contributed by atoms with Crippen LogP contribution >= 0.6 is 0 Å². The third-order valence-corrected chi connectivity index (χ3v) is 6.10. The molecule has 0 saturated heterocycles. The summed E-state index contributed by atoms with van der Waals surface area (Å²) in [7, 11) is 0. The lowest BCUT2D eigenvalue weighted by molar-refractivity contribution is -0.137. The smallest absolute Gasteiger partial charge is 0.416 e. The third kappa shape index (κ3) is 4.02. The van der Waals surface area contributed by atoms with E-state index in [-0.39, 0.29) is 27.8 Å². The number of carbonyl (C=O) groups is 1. The lowest BCUT2D eigenvalue weighted by Crippen LogP contribution is -2.28. The van der Waals surface area contributed by atoms with E-state index in [0.29, 0.717) is 41.0 Å². The fraction of sp³-hybridized carbons (Fsp3) is 0.240. The van der Waals surface area contributed by atoms with Crippen LogP contribution in [0.15, 0.2) is 60.7 Å². The summed E-state index contributed by atoms with van der Waals surface area (Å²) in [5.74, 6) is 0.797. The van der Waals surface area contributed by atoms with Crippen molar-refractivity contribution in [1.29, 1.82) is 0 Å². The predicted molar refractivity (Wildman–Crippen MR) is 119 cm³/mol. The highest BCUT2D eigenvalue weighted by Gasteiger charge is 2.51. The van der Waals surface area contributed by atoms with E-state index in [9.17, 15) is 23.1 Å². The molecule has 8 heteroatoms. The molecule has 5 nitrogen and oxygen atoms in total. The van der Waals surface area contributed by atoms with Crippen LogP contribution in [0.3, 0.4) is 0 Å². The summed E-state index contributed by atoms with van der Waals surface area (Å²) in [4.78, 5) is 13.2. The molecule has 3 aromatic carbocycles. The molecule has 0 radical (unpaired) electrons. The van der Waals surface area contributed by atoms with Crippen LogP contribution in [-0.4, -0.2) is 17.8 Å². The fourth-order valence-electron chi connectivity index (χ4n) is 4.05. The van der Waals surface area contributed by atoms with Crippen LogP contribution in [0.1, 0.15) is 32.4 Å². The number of fused-ring (bicyclic) bond motifs is 1. The number of hydrogen-bond acceptors (Lipinski definition) is 4. The second kappa shape index (κ2) is 7.81. The van der Waals surface area contributed by atoms with Gasteiger partial charge in [-0.05, 0) is 65.4 Å². The zero-order valence-electron chi connectivity index (χ0n) is 17.4. The highest BCUT2D eigenvalue weighted by Crippen LogP contribution is 2.51. The van der Waals surface area contributed by atoms with Gasteiger partial charge in [0.1, 0.15) is 0 Å². The predicted octanol–water partition coefficient (Wildman–Crippen LogP) is 5.76. The number of benzene rings is 3. The zero-order chi connectivity index (χ0) is 23.2. The van der Waals surface area contributed by atoms with Gasteiger partial charge < -0.3 is 19.9 Å². The molecule has 1 fully saturated rings. The van der Waals surface area contributed by atoms with Crippen LogP contribution in [0.4, 0.5) is 18.9 Å². The molecule has 1 aliphatic carbocycles. The Morgan fingerprint density at radius 1 is 0.970 bits per heavy atom. The van der Waals surface area contributed by atoms with E-state index in [1.165, 1.54) is 6.07 Å². The minimum Gasteiger partial charge on any atom is -0.454 e. The van der Waals surface area contributed by atoms with Gasteiger partial charge in [-0.25, -0.2) is 0 Å². The van der Waals surface area contributed by atoms with Crippen LogP contribution < -0.4 is 14.8 Å². The van der Waals surface area contributed by atoms with Crippen LogP contribution in [0.2, 0.25) is 0 Å². The van der Waals surface area contributed by atoms with E-state index < -0.39 is 17.2 Å². The van der Waals surface area contributed by atoms with Gasteiger partial charge in [0.25, 0.3) is 0 Å². The van der Waals surface area contributed by atoms with Crippen molar-refractivity contribution in [3.8, 4) is 22.6 Å². The van der Waals surface area contributed by atoms with Gasteiger partial charge in [0, 0.05) is 8.54 Å². The SMILES string of the molecule is O=C(Nc1cc(-c2ccc(CO)cc2)cc(C(F)(F)F)c1)C1(c2ccc3c(c2)OCO3)CC1.[HH].[HH]. The molecule has 3 aromatic rings. The third-order valence-electron chi connectivity index (χ3n) is 6.10. The number of aliphatic hydroxyl groups excluding tert-OH is 1. The lowest BCUT2D eigenvalue weighted by atomic mass is 9.94. The van der Waals surface area contributed by atoms with Crippen LogP contribution in [-0.2, 0) is 23.0 Å². The number of hydrogen-bond donors (Lipinski definition) is 2. The molecule has 2 N–H and O–H groups in total. The molecule has 1 aliphatic heterocycles. The highest BCUT2D eigenvalue weighted by atomic mass is 19.4. The maximum absolute atomic E-state index is 13.6.